The molecule has 2 aliphatic rings. The van der Waals surface area contributed by atoms with E-state index in [0.29, 0.717) is 52.1 Å². The molecule has 3 aromatic heterocycles. The molecule has 10 heteroatoms. The number of carboxylic acid groups (broad SMARTS) is 1. The van der Waals surface area contributed by atoms with Crippen molar-refractivity contribution in [2.75, 3.05) is 6.61 Å². The summed E-state index contributed by atoms with van der Waals surface area (Å²) < 4.78 is 29.6. The minimum Gasteiger partial charge on any atom is -0.490 e. The number of rotatable bonds is 7. The number of benzene rings is 1. The Morgan fingerprint density at radius 1 is 1.13 bits per heavy atom. The van der Waals surface area contributed by atoms with Crippen LogP contribution in [0, 0.1) is 19.7 Å². The number of hydrogen-bond donors (Lipinski definition) is 2. The number of amides is 1. The van der Waals surface area contributed by atoms with Crippen LogP contribution < -0.4 is 10.1 Å². The highest BCUT2D eigenvalue weighted by Crippen LogP contribution is 2.45. The van der Waals surface area contributed by atoms with Crippen molar-refractivity contribution in [2.45, 2.75) is 97.3 Å². The summed E-state index contributed by atoms with van der Waals surface area (Å²) in [6, 6.07) is 7.13. The van der Waals surface area contributed by atoms with Crippen molar-refractivity contribution in [1.82, 2.24) is 19.9 Å². The second-order valence-electron chi connectivity index (χ2n) is 13.8. The van der Waals surface area contributed by atoms with Crippen molar-refractivity contribution in [2.24, 2.45) is 7.05 Å². The van der Waals surface area contributed by atoms with E-state index in [9.17, 15) is 14.7 Å². The number of nitrogens with one attached hydrogen (secondary N) is 1. The Bertz CT molecular complexity index is 1870. The summed E-state index contributed by atoms with van der Waals surface area (Å²) in [4.78, 5) is 35.4. The minimum absolute atomic E-state index is 0.149. The molecule has 6 rings (SSSR count). The first kappa shape index (κ1) is 32.6. The summed E-state index contributed by atoms with van der Waals surface area (Å²) in [5.41, 5.74) is 5.19. The number of carboxylic acids is 1. The number of carbonyl (C=O) groups is 2. The van der Waals surface area contributed by atoms with E-state index < -0.39 is 23.5 Å². The molecule has 1 aliphatic heterocycles. The fourth-order valence-corrected chi connectivity index (χ4v) is 7.07. The number of pyridine rings is 2. The lowest BCUT2D eigenvalue weighted by Gasteiger charge is -2.29. The van der Waals surface area contributed by atoms with Crippen LogP contribution in [0.3, 0.4) is 0 Å². The molecule has 1 aromatic carbocycles. The third-order valence-electron chi connectivity index (χ3n) is 9.30. The van der Waals surface area contributed by atoms with Crippen LogP contribution >= 0.6 is 0 Å². The van der Waals surface area contributed by atoms with Crippen molar-refractivity contribution < 1.29 is 28.6 Å². The molecule has 47 heavy (non-hydrogen) atoms. The molecule has 9 nitrogen and oxygen atoms in total. The fourth-order valence-electron chi connectivity index (χ4n) is 7.07. The van der Waals surface area contributed by atoms with Crippen molar-refractivity contribution >= 4 is 22.9 Å². The molecule has 0 spiro atoms. The molecule has 1 amide bonds. The van der Waals surface area contributed by atoms with Gasteiger partial charge in [-0.25, -0.2) is 14.2 Å². The normalized spacial score (nSPS) is 16.1. The zero-order valence-corrected chi connectivity index (χ0v) is 28.0. The largest absolute Gasteiger partial charge is 0.490 e. The van der Waals surface area contributed by atoms with Gasteiger partial charge in [0, 0.05) is 52.6 Å². The Balaban J connectivity index is 1.56. The predicted octanol–water partition coefficient (Wildman–Crippen LogP) is 7.39. The quantitative estimate of drug-likeness (QED) is 0.216. The van der Waals surface area contributed by atoms with Crippen LogP contribution in [0.4, 0.5) is 4.39 Å². The molecule has 1 fully saturated rings. The lowest BCUT2D eigenvalue weighted by molar-refractivity contribution is -0.160. The summed E-state index contributed by atoms with van der Waals surface area (Å²) >= 11 is 0. The van der Waals surface area contributed by atoms with Crippen molar-refractivity contribution in [3.8, 4) is 28.1 Å². The number of nitrogens with zero attached hydrogens (tertiary/aromatic N) is 3. The third kappa shape index (κ3) is 6.35. The zero-order valence-electron chi connectivity index (χ0n) is 28.0. The standard InChI is InChI=1S/C37H43FN4O5/c1-20-24-13-10-16-46-32(24)27(38)18-25(20)31-26-19-29(22-14-15-39-28(17-22)35(43)41-23-11-8-7-9-12-23)42(6)34(26)40-21(2)30(31)33(36(44)45)47-37(3,4)5/h14-15,17-19,23,33H,7-13,16H2,1-6H3,(H,41,43)(H,44,45)/t33-/m0/s1. The van der Waals surface area contributed by atoms with Gasteiger partial charge in [-0.2, -0.15) is 0 Å². The third-order valence-corrected chi connectivity index (χ3v) is 9.30. The van der Waals surface area contributed by atoms with Gasteiger partial charge in [0.15, 0.2) is 17.7 Å². The smallest absolute Gasteiger partial charge is 0.337 e. The second kappa shape index (κ2) is 12.7. The average Bonchev–Trinajstić information content (AvgIpc) is 3.36. The minimum atomic E-state index is -1.36. The van der Waals surface area contributed by atoms with Crippen LogP contribution in [0.25, 0.3) is 33.4 Å². The van der Waals surface area contributed by atoms with Gasteiger partial charge >= 0.3 is 5.97 Å². The Labute approximate surface area is 274 Å². The topological polar surface area (TPSA) is 116 Å². The molecule has 2 N–H and O–H groups in total. The van der Waals surface area contributed by atoms with E-state index in [1.54, 1.807) is 40.0 Å². The number of aliphatic carboxylic acids is 1. The first-order valence-corrected chi connectivity index (χ1v) is 16.5. The lowest BCUT2D eigenvalue weighted by atomic mass is 9.86. The van der Waals surface area contributed by atoms with Crippen LogP contribution in [-0.4, -0.2) is 49.8 Å². The van der Waals surface area contributed by atoms with Crippen molar-refractivity contribution in [3.63, 3.8) is 0 Å². The molecule has 1 saturated carbocycles. The van der Waals surface area contributed by atoms with Crippen LogP contribution in [0.15, 0.2) is 30.5 Å². The number of ether oxygens (including phenoxy) is 2. The van der Waals surface area contributed by atoms with Crippen molar-refractivity contribution in [3.05, 3.63) is 64.4 Å². The molecule has 0 unspecified atom stereocenters. The van der Waals surface area contributed by atoms with E-state index in [1.165, 1.54) is 12.5 Å². The second-order valence-corrected chi connectivity index (χ2v) is 13.8. The number of aromatic nitrogens is 3. The lowest BCUT2D eigenvalue weighted by Crippen LogP contribution is -2.36. The summed E-state index contributed by atoms with van der Waals surface area (Å²) in [5, 5.41) is 14.3. The maximum atomic E-state index is 15.8. The molecule has 248 valence electrons. The maximum Gasteiger partial charge on any atom is 0.337 e. The molecular formula is C37H43FN4O5. The Kier molecular flexibility index (Phi) is 8.82. The van der Waals surface area contributed by atoms with Crippen LogP contribution in [-0.2, 0) is 23.0 Å². The number of fused-ring (bicyclic) bond motifs is 2. The van der Waals surface area contributed by atoms with Crippen molar-refractivity contribution in [1.29, 1.82) is 0 Å². The van der Waals surface area contributed by atoms with Gasteiger partial charge in [-0.05, 0) is 95.7 Å². The van der Waals surface area contributed by atoms with E-state index in [1.807, 2.05) is 30.7 Å². The zero-order chi connectivity index (χ0) is 33.6. The Hall–Kier alpha value is -4.31. The first-order valence-electron chi connectivity index (χ1n) is 16.5. The fraction of sp³-hybridized carbons (Fsp3) is 0.459. The number of hydrogen-bond acceptors (Lipinski definition) is 6. The van der Waals surface area contributed by atoms with Crippen LogP contribution in [0.2, 0.25) is 0 Å². The van der Waals surface area contributed by atoms with Gasteiger partial charge in [-0.1, -0.05) is 19.3 Å². The van der Waals surface area contributed by atoms with E-state index >= 15 is 4.39 Å². The summed E-state index contributed by atoms with van der Waals surface area (Å²) in [6.45, 7) is 9.55. The summed E-state index contributed by atoms with van der Waals surface area (Å²) in [7, 11) is 1.88. The van der Waals surface area contributed by atoms with Gasteiger partial charge in [-0.3, -0.25) is 9.78 Å². The van der Waals surface area contributed by atoms with E-state index in [4.69, 9.17) is 14.5 Å². The molecule has 1 aliphatic carbocycles. The van der Waals surface area contributed by atoms with E-state index in [-0.39, 0.29) is 17.7 Å². The molecule has 4 aromatic rings. The maximum absolute atomic E-state index is 15.8. The summed E-state index contributed by atoms with van der Waals surface area (Å²) in [5.74, 6) is -1.60. The average molecular weight is 643 g/mol. The van der Waals surface area contributed by atoms with Gasteiger partial charge in [0.2, 0.25) is 0 Å². The number of carbonyl (C=O) groups excluding carboxylic acids is 1. The Morgan fingerprint density at radius 2 is 1.87 bits per heavy atom. The van der Waals surface area contributed by atoms with Crippen LogP contribution in [0.5, 0.6) is 5.75 Å². The van der Waals surface area contributed by atoms with Gasteiger partial charge in [0.1, 0.15) is 11.3 Å². The SMILES string of the molecule is Cc1nc2c(cc(-c3ccnc(C(=O)NC4CCCCC4)c3)n2C)c(-c2cc(F)c3c(c2C)CCCO3)c1[C@H](OC(C)(C)C)C(=O)O. The summed E-state index contributed by atoms with van der Waals surface area (Å²) in [6.07, 6.45) is 7.01. The highest BCUT2D eigenvalue weighted by molar-refractivity contribution is 6.02. The number of aryl methyl sites for hydroxylation is 2. The number of halogens is 1. The highest BCUT2D eigenvalue weighted by Gasteiger charge is 2.34. The monoisotopic (exact) mass is 642 g/mol. The highest BCUT2D eigenvalue weighted by atomic mass is 19.1. The van der Waals surface area contributed by atoms with E-state index in [2.05, 4.69) is 10.3 Å². The van der Waals surface area contributed by atoms with Gasteiger partial charge in [0.25, 0.3) is 5.91 Å². The Morgan fingerprint density at radius 3 is 2.57 bits per heavy atom. The molecule has 4 heterocycles. The predicted molar refractivity (Wildman–Crippen MR) is 178 cm³/mol. The van der Waals surface area contributed by atoms with Crippen LogP contribution in [0.1, 0.15) is 98.3 Å². The molecule has 0 radical (unpaired) electrons. The molecule has 0 saturated heterocycles. The van der Waals surface area contributed by atoms with Gasteiger partial charge in [-0.15, -0.1) is 0 Å². The van der Waals surface area contributed by atoms with Gasteiger partial charge in [0.05, 0.1) is 17.9 Å². The molecule has 0 bridgehead atoms. The molecular weight excluding hydrogens is 599 g/mol. The van der Waals surface area contributed by atoms with Gasteiger partial charge < -0.3 is 24.5 Å². The molecule has 1 atom stereocenters. The first-order chi connectivity index (χ1) is 22.3. The van der Waals surface area contributed by atoms with E-state index in [0.717, 1.165) is 54.5 Å².